The molecular formula is C35H47N7O10S5. The van der Waals surface area contributed by atoms with Gasteiger partial charge in [-0.1, -0.05) is 23.9 Å². The van der Waals surface area contributed by atoms with Crippen molar-refractivity contribution in [3.05, 3.63) is 24.3 Å². The fraction of sp³-hybridized carbons (Fsp3) is 0.657. The molecule has 0 bridgehead atoms. The lowest BCUT2D eigenvalue weighted by molar-refractivity contribution is -0.127. The summed E-state index contributed by atoms with van der Waals surface area (Å²) in [4.78, 5) is 79.1. The Kier molecular flexibility index (Phi) is 13.5. The number of hydrogen-bond acceptors (Lipinski definition) is 16. The van der Waals surface area contributed by atoms with Crippen molar-refractivity contribution in [1.82, 2.24) is 30.9 Å². The van der Waals surface area contributed by atoms with Gasteiger partial charge in [-0.15, -0.1) is 35.3 Å². The molecule has 11 atom stereocenters. The van der Waals surface area contributed by atoms with Crippen molar-refractivity contribution >= 4 is 98.6 Å². The molecule has 57 heavy (non-hydrogen) atoms. The lowest BCUT2D eigenvalue weighted by atomic mass is 9.88. The first kappa shape index (κ1) is 42.2. The number of hydrogen-bond donors (Lipinski definition) is 6. The van der Waals surface area contributed by atoms with Crippen LogP contribution in [0, 0.1) is 23.7 Å². The number of sulfonamides is 1. The molecule has 0 spiro atoms. The molecule has 5 aliphatic heterocycles. The van der Waals surface area contributed by atoms with Crippen molar-refractivity contribution in [2.45, 2.75) is 82.0 Å². The zero-order chi connectivity index (χ0) is 40.4. The molecule has 5 fully saturated rings. The van der Waals surface area contributed by atoms with E-state index in [-0.39, 0.29) is 53.4 Å². The van der Waals surface area contributed by atoms with E-state index in [1.165, 1.54) is 57.6 Å². The van der Waals surface area contributed by atoms with E-state index in [9.17, 15) is 37.2 Å². The molecule has 5 heterocycles. The van der Waals surface area contributed by atoms with Gasteiger partial charge in [-0.05, 0) is 68.7 Å². The van der Waals surface area contributed by atoms with E-state index in [2.05, 4.69) is 31.9 Å². The second-order valence-corrected chi connectivity index (χ2v) is 21.9. The van der Waals surface area contributed by atoms with Crippen LogP contribution in [0.4, 0.5) is 15.3 Å². The van der Waals surface area contributed by atoms with E-state index >= 15 is 0 Å². The fourth-order valence-corrected chi connectivity index (χ4v) is 15.1. The maximum Gasteiger partial charge on any atom is 0.413 e. The van der Waals surface area contributed by atoms with Crippen molar-refractivity contribution in [2.75, 3.05) is 43.6 Å². The summed E-state index contributed by atoms with van der Waals surface area (Å²) in [6, 6.07) is 7.63. The van der Waals surface area contributed by atoms with Gasteiger partial charge in [0.05, 0.1) is 42.1 Å². The Labute approximate surface area is 347 Å². The summed E-state index contributed by atoms with van der Waals surface area (Å²) < 4.78 is 35.8. The van der Waals surface area contributed by atoms with Crippen molar-refractivity contribution in [3.8, 4) is 0 Å². The third kappa shape index (κ3) is 9.95. The van der Waals surface area contributed by atoms with Crippen LogP contribution in [-0.4, -0.2) is 125 Å². The molecule has 1 aromatic rings. The minimum absolute atomic E-state index is 0.0103. The molecule has 1 aromatic carbocycles. The maximum absolute atomic E-state index is 13.5. The van der Waals surface area contributed by atoms with E-state index in [1.54, 1.807) is 6.92 Å². The van der Waals surface area contributed by atoms with Gasteiger partial charge >= 0.3 is 12.2 Å². The van der Waals surface area contributed by atoms with E-state index in [4.69, 9.17) is 9.47 Å². The molecule has 4 saturated heterocycles. The van der Waals surface area contributed by atoms with Crippen LogP contribution in [0.5, 0.6) is 0 Å². The number of imide groups is 2. The van der Waals surface area contributed by atoms with Gasteiger partial charge in [0.2, 0.25) is 27.7 Å². The number of nitrogens with zero attached hydrogens (tertiary/aromatic N) is 1. The predicted molar refractivity (Wildman–Crippen MR) is 218 cm³/mol. The summed E-state index contributed by atoms with van der Waals surface area (Å²) in [5, 5.41) is 14.9. The third-order valence-corrected chi connectivity index (χ3v) is 17.9. The zero-order valence-corrected chi connectivity index (χ0v) is 35.4. The summed E-state index contributed by atoms with van der Waals surface area (Å²) in [5.74, 6) is -2.36. The first-order valence-corrected chi connectivity index (χ1v) is 24.7. The second-order valence-electron chi connectivity index (χ2n) is 14.8. The fourth-order valence-electron chi connectivity index (χ4n) is 8.36. The Morgan fingerprint density at radius 3 is 2.39 bits per heavy atom. The van der Waals surface area contributed by atoms with Gasteiger partial charge in [0.1, 0.15) is 5.37 Å². The number of nitrogens with one attached hydrogen (secondary N) is 6. The largest absolute Gasteiger partial charge is 0.450 e. The first-order chi connectivity index (χ1) is 27.3. The van der Waals surface area contributed by atoms with Crippen molar-refractivity contribution < 1.29 is 46.7 Å². The molecule has 1 saturated carbocycles. The molecule has 312 valence electrons. The number of alkyl carbamates (subject to hydrolysis) is 2. The van der Waals surface area contributed by atoms with Gasteiger partial charge in [0, 0.05) is 40.2 Å². The normalized spacial score (nSPS) is 32.9. The molecule has 22 heteroatoms. The molecule has 6 aliphatic rings. The SMILES string of the molecule is CCOC(=O)NC(=O)C1C(NC(=O)C2Nc3ccccc3S2)SC2CC(CCOC(=O)NC(=O)C3CCSC3NC(=O)C3NC4CCN(S(C)(=O)=O)CC4S3)CC21. The van der Waals surface area contributed by atoms with E-state index in [0.717, 1.165) is 10.6 Å². The minimum atomic E-state index is -3.32. The van der Waals surface area contributed by atoms with Gasteiger partial charge in [0.25, 0.3) is 5.91 Å². The number of rotatable bonds is 11. The number of ether oxygens (including phenoxy) is 2. The number of fused-ring (bicyclic) bond motifs is 3. The van der Waals surface area contributed by atoms with E-state index < -0.39 is 67.4 Å². The van der Waals surface area contributed by atoms with E-state index in [0.29, 0.717) is 50.9 Å². The number of carbonyl (C=O) groups excluding carboxylic acids is 6. The Bertz CT molecular complexity index is 1840. The second kappa shape index (κ2) is 18.2. The first-order valence-electron chi connectivity index (χ1n) is 19.0. The Morgan fingerprint density at radius 2 is 1.61 bits per heavy atom. The van der Waals surface area contributed by atoms with Gasteiger partial charge in [-0.3, -0.25) is 35.1 Å². The molecule has 7 rings (SSSR count). The number of para-hydroxylation sites is 1. The summed E-state index contributed by atoms with van der Waals surface area (Å²) in [7, 11) is -3.32. The van der Waals surface area contributed by atoms with Gasteiger partial charge < -0.3 is 25.4 Å². The van der Waals surface area contributed by atoms with Crippen molar-refractivity contribution in [3.63, 3.8) is 0 Å². The summed E-state index contributed by atoms with van der Waals surface area (Å²) in [6.45, 7) is 2.51. The van der Waals surface area contributed by atoms with Crippen LogP contribution in [0.1, 0.15) is 39.0 Å². The topological polar surface area (TPSA) is 230 Å². The Morgan fingerprint density at radius 1 is 0.877 bits per heavy atom. The molecule has 0 radical (unpaired) electrons. The number of carbonyl (C=O) groups is 6. The van der Waals surface area contributed by atoms with Crippen LogP contribution >= 0.6 is 47.0 Å². The number of anilines is 1. The number of piperidine rings is 1. The van der Waals surface area contributed by atoms with Crippen LogP contribution in [0.25, 0.3) is 0 Å². The molecule has 0 aromatic heterocycles. The predicted octanol–water partition coefficient (Wildman–Crippen LogP) is 1.91. The summed E-state index contributed by atoms with van der Waals surface area (Å²) in [5.41, 5.74) is 0.867. The molecular weight excluding hydrogens is 839 g/mol. The van der Waals surface area contributed by atoms with Gasteiger partial charge in [-0.25, -0.2) is 22.3 Å². The highest BCUT2D eigenvalue weighted by Gasteiger charge is 2.53. The van der Waals surface area contributed by atoms with Crippen LogP contribution < -0.4 is 31.9 Å². The van der Waals surface area contributed by atoms with Crippen LogP contribution in [-0.2, 0) is 38.7 Å². The molecule has 17 nitrogen and oxygen atoms in total. The van der Waals surface area contributed by atoms with Crippen molar-refractivity contribution in [1.29, 1.82) is 0 Å². The van der Waals surface area contributed by atoms with Gasteiger partial charge in [0.15, 0.2) is 5.37 Å². The average molecular weight is 886 g/mol. The standard InChI is InChI=1S/C35H47N7O10S5/c1-3-51-34(47)41-27(44)25-19-14-17(15-23(19)55-31(25)39-29(46)32-36-20-6-4-5-7-22(20)54-32)9-12-52-35(48)40-26(43)18-10-13-53-30(18)38-28(45)33-37-21-8-11-42(57(2,49)50)16-24(21)56-33/h4-7,17-19,21,23-25,30-33,36-37H,3,8-16H2,1-2H3,(H,38,45)(H,39,46)(H,40,43,48)(H,41,44,47). The Balaban J connectivity index is 0.860. The highest BCUT2D eigenvalue weighted by Crippen LogP contribution is 2.53. The number of thioether (sulfide) groups is 4. The van der Waals surface area contributed by atoms with Crippen LogP contribution in [0.3, 0.4) is 0 Å². The molecule has 11 unspecified atom stereocenters. The zero-order valence-electron chi connectivity index (χ0n) is 31.3. The smallest absolute Gasteiger partial charge is 0.413 e. The number of benzene rings is 1. The van der Waals surface area contributed by atoms with Crippen LogP contribution in [0.15, 0.2) is 29.2 Å². The summed E-state index contributed by atoms with van der Waals surface area (Å²) >= 11 is 5.72. The third-order valence-electron chi connectivity index (χ3n) is 11.1. The van der Waals surface area contributed by atoms with Crippen molar-refractivity contribution in [2.24, 2.45) is 23.7 Å². The monoisotopic (exact) mass is 885 g/mol. The highest BCUT2D eigenvalue weighted by atomic mass is 32.2. The molecule has 1 aliphatic carbocycles. The maximum atomic E-state index is 13.5. The van der Waals surface area contributed by atoms with E-state index in [1.807, 2.05) is 24.3 Å². The summed E-state index contributed by atoms with van der Waals surface area (Å²) in [6.07, 6.45) is 2.35. The molecule has 6 N–H and O–H groups in total. The lowest BCUT2D eigenvalue weighted by Gasteiger charge is -2.32. The highest BCUT2D eigenvalue weighted by molar-refractivity contribution is 8.02. The average Bonchev–Trinajstić information content (AvgIpc) is 3.99. The van der Waals surface area contributed by atoms with Gasteiger partial charge in [-0.2, -0.15) is 0 Å². The number of amides is 6. The van der Waals surface area contributed by atoms with Crippen LogP contribution in [0.2, 0.25) is 0 Å². The quantitative estimate of drug-likeness (QED) is 0.187. The minimum Gasteiger partial charge on any atom is -0.450 e. The Hall–Kier alpha value is -2.89. The molecule has 6 amide bonds. The lowest BCUT2D eigenvalue weighted by Crippen LogP contribution is -2.51.